The molecule has 0 saturated heterocycles. The Labute approximate surface area is 93.8 Å². The van der Waals surface area contributed by atoms with Gasteiger partial charge in [-0.3, -0.25) is 18.7 Å². The summed E-state index contributed by atoms with van der Waals surface area (Å²) >= 11 is -2.71. The molecule has 1 aromatic heterocycles. The van der Waals surface area contributed by atoms with E-state index in [-0.39, 0.29) is 17.7 Å². The van der Waals surface area contributed by atoms with Gasteiger partial charge in [-0.1, -0.05) is 0 Å². The number of rotatable bonds is 2. The molecule has 0 radical (unpaired) electrons. The van der Waals surface area contributed by atoms with Gasteiger partial charge in [0.05, 0.1) is 5.56 Å². The number of carbonyl (C=O) groups is 1. The molecule has 1 atom stereocenters. The van der Waals surface area contributed by atoms with Gasteiger partial charge in [0, 0.05) is 12.6 Å². The quantitative estimate of drug-likeness (QED) is 0.728. The van der Waals surface area contributed by atoms with Crippen LogP contribution in [-0.4, -0.2) is 23.6 Å². The Morgan fingerprint density at radius 2 is 2.12 bits per heavy atom. The average Bonchev–Trinajstić information content (AvgIpc) is 2.17. The molecule has 0 amide bonds. The Morgan fingerprint density at radius 1 is 1.56 bits per heavy atom. The zero-order chi connectivity index (χ0) is 12.5. The molecule has 7 heteroatoms. The molecule has 0 aliphatic heterocycles. The van der Waals surface area contributed by atoms with E-state index in [4.69, 9.17) is 4.55 Å². The van der Waals surface area contributed by atoms with Crippen molar-refractivity contribution in [3.05, 3.63) is 27.5 Å². The summed E-state index contributed by atoms with van der Waals surface area (Å²) in [5.41, 5.74) is -0.570. The van der Waals surface area contributed by atoms with Gasteiger partial charge in [-0.05, 0) is 19.4 Å². The van der Waals surface area contributed by atoms with Gasteiger partial charge in [-0.25, -0.2) is 4.21 Å². The number of hydrogen-bond donors (Lipinski definition) is 2. The van der Waals surface area contributed by atoms with Crippen LogP contribution in [0.25, 0.3) is 0 Å². The summed E-state index contributed by atoms with van der Waals surface area (Å²) in [4.78, 5) is 22.7. The molecule has 1 rings (SSSR count). The third kappa shape index (κ3) is 2.05. The second-order valence-electron chi connectivity index (χ2n) is 3.15. The minimum absolute atomic E-state index is 0.170. The second-order valence-corrected chi connectivity index (χ2v) is 4.01. The number of carbonyl (C=O) groups excluding carboxylic acids is 1. The Hall–Kier alpha value is -1.47. The van der Waals surface area contributed by atoms with E-state index >= 15 is 0 Å². The molecule has 88 valence electrons. The van der Waals surface area contributed by atoms with Gasteiger partial charge >= 0.3 is 0 Å². The number of nitrogens with zero attached hydrogens (tertiary/aromatic N) is 1. The van der Waals surface area contributed by atoms with Crippen LogP contribution in [0.15, 0.2) is 10.9 Å². The molecule has 0 fully saturated rings. The van der Waals surface area contributed by atoms with Crippen molar-refractivity contribution < 1.29 is 18.7 Å². The van der Waals surface area contributed by atoms with Gasteiger partial charge in [-0.15, -0.1) is 0 Å². The normalized spacial score (nSPS) is 12.4. The largest absolute Gasteiger partial charge is 0.494 e. The molecule has 0 aliphatic rings. The van der Waals surface area contributed by atoms with E-state index in [1.165, 1.54) is 6.92 Å². The third-order valence-electron chi connectivity index (χ3n) is 2.16. The van der Waals surface area contributed by atoms with E-state index in [0.717, 1.165) is 10.6 Å². The summed E-state index contributed by atoms with van der Waals surface area (Å²) in [6.07, 6.45) is 0. The minimum Gasteiger partial charge on any atom is -0.494 e. The summed E-state index contributed by atoms with van der Waals surface area (Å²) in [6, 6.07) is 1.14. The van der Waals surface area contributed by atoms with Gasteiger partial charge in [0.1, 0.15) is 0 Å². The molecule has 2 N–H and O–H groups in total. The average molecular weight is 245 g/mol. The standard InChI is InChI=1S/C9H11NO5S/c1-3-10-6(11)4-5(2)7(8(10)12)9(13)16(14)15/h4,12H,3H2,1-2H3,(H,14,15). The zero-order valence-electron chi connectivity index (χ0n) is 8.76. The summed E-state index contributed by atoms with van der Waals surface area (Å²) in [7, 11) is 0. The van der Waals surface area contributed by atoms with Crippen molar-refractivity contribution in [1.82, 2.24) is 4.57 Å². The highest BCUT2D eigenvalue weighted by molar-refractivity contribution is 7.95. The van der Waals surface area contributed by atoms with Crippen LogP contribution < -0.4 is 5.56 Å². The third-order valence-corrected chi connectivity index (χ3v) is 2.68. The van der Waals surface area contributed by atoms with Crippen LogP contribution in [-0.2, 0) is 17.6 Å². The predicted molar refractivity (Wildman–Crippen MR) is 57.9 cm³/mol. The molecule has 0 spiro atoms. The number of aromatic nitrogens is 1. The van der Waals surface area contributed by atoms with Crippen LogP contribution in [0.3, 0.4) is 0 Å². The molecule has 1 aromatic rings. The Bertz CT molecular complexity index is 519. The van der Waals surface area contributed by atoms with Gasteiger partial charge < -0.3 is 5.11 Å². The predicted octanol–water partition coefficient (Wildman–Crippen LogP) is 0.244. The molecule has 0 aromatic carbocycles. The Kier molecular flexibility index (Phi) is 3.61. The monoisotopic (exact) mass is 245 g/mol. The van der Waals surface area contributed by atoms with Crippen molar-refractivity contribution in [2.75, 3.05) is 0 Å². The van der Waals surface area contributed by atoms with Crippen LogP contribution in [0.5, 0.6) is 5.88 Å². The van der Waals surface area contributed by atoms with E-state index in [1.54, 1.807) is 6.92 Å². The fourth-order valence-electron chi connectivity index (χ4n) is 1.40. The van der Waals surface area contributed by atoms with Gasteiger partial charge in [-0.2, -0.15) is 0 Å². The van der Waals surface area contributed by atoms with E-state index in [0.29, 0.717) is 0 Å². The lowest BCUT2D eigenvalue weighted by atomic mass is 10.1. The van der Waals surface area contributed by atoms with Crippen molar-refractivity contribution in [1.29, 1.82) is 0 Å². The highest BCUT2D eigenvalue weighted by Crippen LogP contribution is 2.20. The summed E-state index contributed by atoms with van der Waals surface area (Å²) in [5.74, 6) is -0.570. The highest BCUT2D eigenvalue weighted by Gasteiger charge is 2.22. The summed E-state index contributed by atoms with van der Waals surface area (Å²) in [5, 5.41) is 8.55. The Morgan fingerprint density at radius 3 is 2.56 bits per heavy atom. The van der Waals surface area contributed by atoms with E-state index in [2.05, 4.69) is 0 Å². The van der Waals surface area contributed by atoms with Crippen molar-refractivity contribution in [3.63, 3.8) is 0 Å². The molecular formula is C9H11NO5S. The van der Waals surface area contributed by atoms with E-state index in [9.17, 15) is 18.9 Å². The molecule has 16 heavy (non-hydrogen) atoms. The number of aromatic hydroxyl groups is 1. The topological polar surface area (TPSA) is 96.6 Å². The van der Waals surface area contributed by atoms with Crippen LogP contribution in [0.4, 0.5) is 0 Å². The van der Waals surface area contributed by atoms with Gasteiger partial charge in [0.25, 0.3) is 10.7 Å². The van der Waals surface area contributed by atoms with Crippen molar-refractivity contribution in [2.24, 2.45) is 0 Å². The summed E-state index contributed by atoms with van der Waals surface area (Å²) in [6.45, 7) is 3.20. The lowest BCUT2D eigenvalue weighted by Gasteiger charge is -2.10. The first kappa shape index (κ1) is 12.6. The van der Waals surface area contributed by atoms with Crippen LogP contribution in [0.2, 0.25) is 0 Å². The first-order valence-corrected chi connectivity index (χ1v) is 5.59. The van der Waals surface area contributed by atoms with Crippen molar-refractivity contribution in [3.8, 4) is 5.88 Å². The van der Waals surface area contributed by atoms with Crippen LogP contribution in [0.1, 0.15) is 22.8 Å². The first-order valence-electron chi connectivity index (χ1n) is 4.48. The molecule has 0 aliphatic carbocycles. The molecule has 1 heterocycles. The number of aryl methyl sites for hydroxylation is 1. The van der Waals surface area contributed by atoms with E-state index in [1.807, 2.05) is 0 Å². The maximum atomic E-state index is 11.4. The van der Waals surface area contributed by atoms with Crippen LogP contribution >= 0.6 is 0 Å². The smallest absolute Gasteiger partial charge is 0.282 e. The number of pyridine rings is 1. The SMILES string of the molecule is CCn1c(O)c(C(=O)S(=O)O)c(C)cc1=O. The van der Waals surface area contributed by atoms with Crippen molar-refractivity contribution >= 4 is 16.2 Å². The van der Waals surface area contributed by atoms with Gasteiger partial charge in [0.2, 0.25) is 17.0 Å². The second kappa shape index (κ2) is 4.58. The maximum absolute atomic E-state index is 11.4. The molecule has 6 nitrogen and oxygen atoms in total. The van der Waals surface area contributed by atoms with Crippen molar-refractivity contribution in [2.45, 2.75) is 20.4 Å². The molecule has 0 bridgehead atoms. The number of hydrogen-bond acceptors (Lipinski definition) is 4. The highest BCUT2D eigenvalue weighted by atomic mass is 32.2. The minimum atomic E-state index is -2.71. The zero-order valence-corrected chi connectivity index (χ0v) is 9.58. The van der Waals surface area contributed by atoms with Crippen LogP contribution in [0, 0.1) is 6.92 Å². The molecule has 1 unspecified atom stereocenters. The lowest BCUT2D eigenvalue weighted by Crippen LogP contribution is -2.22. The van der Waals surface area contributed by atoms with Gasteiger partial charge in [0.15, 0.2) is 0 Å². The molecule has 0 saturated carbocycles. The first-order chi connectivity index (χ1) is 7.40. The fourth-order valence-corrected chi connectivity index (χ4v) is 1.82. The fraction of sp³-hybridized carbons (Fsp3) is 0.333. The summed E-state index contributed by atoms with van der Waals surface area (Å²) < 4.78 is 20.3. The lowest BCUT2D eigenvalue weighted by molar-refractivity contribution is 0.107. The maximum Gasteiger partial charge on any atom is 0.282 e. The Balaban J connectivity index is 3.58. The molecular weight excluding hydrogens is 234 g/mol. The van der Waals surface area contributed by atoms with E-state index < -0.39 is 27.6 Å².